The fraction of sp³-hybridized carbons (Fsp3) is 0.793. The van der Waals surface area contributed by atoms with Crippen LogP contribution in [-0.2, 0) is 47.7 Å². The molecule has 0 saturated heterocycles. The Bertz CT molecular complexity index is 920. The maximum Gasteiger partial charge on any atom is 0.326 e. The summed E-state index contributed by atoms with van der Waals surface area (Å²) in [5.41, 5.74) is 0.0131. The summed E-state index contributed by atoms with van der Waals surface area (Å²) in [5, 5.41) is 19.8. The van der Waals surface area contributed by atoms with Crippen molar-refractivity contribution in [3.8, 4) is 0 Å². The standard InChI is InChI=1S/C29H53IN5O11P/c1-2-3-4-8-25(37)34-22(28(40)41)9-10-24(36)32-12-14-43-16-19-46-21-27(39)33-13-15-44-17-18-45-20-26(38)31-11-6-5-7-23(35-30)29(42)47/h22-23,35H,2-21,47H2,1H3,(H,31,38)(H,32,36)(H,33,39)(H,34,37)(H,40,41)/t22?,23-/m0/s1. The van der Waals surface area contributed by atoms with Gasteiger partial charge < -0.3 is 45.3 Å². The average molecular weight is 806 g/mol. The van der Waals surface area contributed by atoms with Crippen molar-refractivity contribution in [1.82, 2.24) is 24.8 Å². The van der Waals surface area contributed by atoms with Crippen molar-refractivity contribution in [2.24, 2.45) is 0 Å². The first-order valence-electron chi connectivity index (χ1n) is 15.9. The highest BCUT2D eigenvalue weighted by Crippen LogP contribution is 2.07. The lowest BCUT2D eigenvalue weighted by molar-refractivity contribution is -0.142. The number of hydrogen-bond donors (Lipinski definition) is 6. The number of halogens is 1. The van der Waals surface area contributed by atoms with Crippen LogP contribution in [0.25, 0.3) is 0 Å². The molecule has 16 nitrogen and oxygen atoms in total. The van der Waals surface area contributed by atoms with E-state index in [1.807, 2.05) is 29.8 Å². The molecule has 0 aromatic carbocycles. The number of ether oxygens (including phenoxy) is 4. The van der Waals surface area contributed by atoms with E-state index < -0.39 is 12.0 Å². The van der Waals surface area contributed by atoms with E-state index in [-0.39, 0.29) is 120 Å². The number of carbonyl (C=O) groups excluding carboxylic acids is 5. The predicted molar refractivity (Wildman–Crippen MR) is 185 cm³/mol. The SMILES string of the molecule is CCCCCC(=O)NC(CCC(=O)NCCOCCOCC(=O)NCCOCCOCC(=O)NCCCC[C@H](NI)C(=O)P)C(=O)O. The summed E-state index contributed by atoms with van der Waals surface area (Å²) >= 11 is 1.96. The number of carboxylic acid groups (broad SMARTS) is 1. The molecule has 0 aliphatic carbocycles. The summed E-state index contributed by atoms with van der Waals surface area (Å²) in [4.78, 5) is 70.1. The zero-order chi connectivity index (χ0) is 35.1. The molecule has 0 heterocycles. The smallest absolute Gasteiger partial charge is 0.326 e. The molecule has 18 heteroatoms. The van der Waals surface area contributed by atoms with E-state index in [0.29, 0.717) is 19.4 Å². The number of unbranched alkanes of at least 4 members (excludes halogenated alkanes) is 3. The van der Waals surface area contributed by atoms with E-state index in [1.54, 1.807) is 0 Å². The Kier molecular flexibility index (Phi) is 29.9. The van der Waals surface area contributed by atoms with Gasteiger partial charge >= 0.3 is 5.97 Å². The van der Waals surface area contributed by atoms with Gasteiger partial charge in [-0.3, -0.25) is 27.5 Å². The second-order valence-electron chi connectivity index (χ2n) is 10.4. The number of nitrogens with one attached hydrogen (secondary N) is 5. The van der Waals surface area contributed by atoms with E-state index in [0.717, 1.165) is 25.7 Å². The Morgan fingerprint density at radius 2 is 1.19 bits per heavy atom. The number of rotatable bonds is 32. The van der Waals surface area contributed by atoms with Crippen LogP contribution in [0.5, 0.6) is 0 Å². The van der Waals surface area contributed by atoms with Crippen molar-refractivity contribution in [1.29, 1.82) is 0 Å². The molecule has 0 aromatic rings. The molecule has 0 saturated carbocycles. The molecule has 0 fully saturated rings. The number of carbonyl (C=O) groups is 6. The second-order valence-corrected chi connectivity index (χ2v) is 11.6. The monoisotopic (exact) mass is 805 g/mol. The fourth-order valence-electron chi connectivity index (χ4n) is 3.77. The normalized spacial score (nSPS) is 12.1. The molecule has 0 rings (SSSR count). The minimum absolute atomic E-state index is 0.0114. The molecule has 272 valence electrons. The number of aliphatic carboxylic acids is 1. The maximum atomic E-state index is 12.0. The van der Waals surface area contributed by atoms with Crippen molar-refractivity contribution >= 4 is 67.2 Å². The van der Waals surface area contributed by atoms with Gasteiger partial charge in [-0.1, -0.05) is 29.0 Å². The van der Waals surface area contributed by atoms with Gasteiger partial charge in [-0.15, -0.1) is 0 Å². The van der Waals surface area contributed by atoms with Gasteiger partial charge in [-0.25, -0.2) is 4.79 Å². The molecule has 47 heavy (non-hydrogen) atoms. The summed E-state index contributed by atoms with van der Waals surface area (Å²) in [6.45, 7) is 4.18. The Morgan fingerprint density at radius 3 is 1.72 bits per heavy atom. The zero-order valence-corrected chi connectivity index (χ0v) is 30.6. The van der Waals surface area contributed by atoms with Gasteiger partial charge in [0.15, 0.2) is 5.52 Å². The minimum Gasteiger partial charge on any atom is -0.480 e. The van der Waals surface area contributed by atoms with Crippen LogP contribution in [0.3, 0.4) is 0 Å². The van der Waals surface area contributed by atoms with E-state index in [2.05, 4.69) is 34.0 Å². The first-order chi connectivity index (χ1) is 22.6. The van der Waals surface area contributed by atoms with Crippen molar-refractivity contribution in [2.45, 2.75) is 76.8 Å². The van der Waals surface area contributed by atoms with Crippen LogP contribution in [0.1, 0.15) is 64.7 Å². The predicted octanol–water partition coefficient (Wildman–Crippen LogP) is 0.212. The second kappa shape index (κ2) is 31.3. The third-order valence-electron chi connectivity index (χ3n) is 6.37. The van der Waals surface area contributed by atoms with Gasteiger partial charge in [0.1, 0.15) is 19.3 Å². The Morgan fingerprint density at radius 1 is 0.638 bits per heavy atom. The number of carboxylic acids is 1. The Labute approximate surface area is 293 Å². The molecular weight excluding hydrogens is 752 g/mol. The van der Waals surface area contributed by atoms with Crippen molar-refractivity contribution < 1.29 is 52.8 Å². The highest BCUT2D eigenvalue weighted by molar-refractivity contribution is 14.1. The van der Waals surface area contributed by atoms with E-state index >= 15 is 0 Å². The van der Waals surface area contributed by atoms with Crippen LogP contribution in [0, 0.1) is 0 Å². The van der Waals surface area contributed by atoms with Gasteiger partial charge in [0.2, 0.25) is 23.6 Å². The lowest BCUT2D eigenvalue weighted by Gasteiger charge is -2.14. The van der Waals surface area contributed by atoms with Gasteiger partial charge in [0.25, 0.3) is 0 Å². The van der Waals surface area contributed by atoms with Crippen LogP contribution in [0.2, 0.25) is 0 Å². The van der Waals surface area contributed by atoms with Crippen LogP contribution in [0.4, 0.5) is 0 Å². The summed E-state index contributed by atoms with van der Waals surface area (Å²) in [7, 11) is 2.17. The maximum absolute atomic E-state index is 12.0. The first kappa shape index (κ1) is 45.0. The van der Waals surface area contributed by atoms with E-state index in [9.17, 15) is 33.9 Å². The Hall–Kier alpha value is -2.02. The largest absolute Gasteiger partial charge is 0.480 e. The van der Waals surface area contributed by atoms with Crippen LogP contribution in [0.15, 0.2) is 0 Å². The van der Waals surface area contributed by atoms with Crippen molar-refractivity contribution in [3.05, 3.63) is 0 Å². The Balaban J connectivity index is 3.61. The summed E-state index contributed by atoms with van der Waals surface area (Å²) in [6.07, 6.45) is 5.01. The average Bonchev–Trinajstić information content (AvgIpc) is 3.03. The lowest BCUT2D eigenvalue weighted by Crippen LogP contribution is -2.41. The topological polar surface area (TPSA) is 220 Å². The van der Waals surface area contributed by atoms with Gasteiger partial charge in [0, 0.05) is 55.3 Å². The lowest BCUT2D eigenvalue weighted by atomic mass is 10.1. The van der Waals surface area contributed by atoms with E-state index in [1.165, 1.54) is 0 Å². The highest BCUT2D eigenvalue weighted by Gasteiger charge is 2.20. The molecule has 0 radical (unpaired) electrons. The minimum atomic E-state index is -1.18. The van der Waals surface area contributed by atoms with Crippen LogP contribution >= 0.6 is 32.1 Å². The highest BCUT2D eigenvalue weighted by atomic mass is 127. The molecule has 0 bridgehead atoms. The summed E-state index contributed by atoms with van der Waals surface area (Å²) in [5.74, 6) is -2.39. The van der Waals surface area contributed by atoms with Gasteiger partial charge in [0.05, 0.1) is 45.7 Å². The number of hydrogen-bond acceptors (Lipinski definition) is 11. The fourth-order valence-corrected chi connectivity index (χ4v) is 4.98. The number of amides is 4. The molecular formula is C29H53IN5O11P. The molecule has 2 unspecified atom stereocenters. The summed E-state index contributed by atoms with van der Waals surface area (Å²) < 4.78 is 24.1. The molecule has 0 aromatic heterocycles. The molecule has 0 spiro atoms. The first-order valence-corrected chi connectivity index (χ1v) is 17.5. The summed E-state index contributed by atoms with van der Waals surface area (Å²) in [6, 6.07) is -1.31. The van der Waals surface area contributed by atoms with E-state index in [4.69, 9.17) is 18.9 Å². The quantitative estimate of drug-likeness (QED) is 0.0233. The van der Waals surface area contributed by atoms with Crippen molar-refractivity contribution in [3.63, 3.8) is 0 Å². The van der Waals surface area contributed by atoms with Gasteiger partial charge in [-0.05, 0) is 32.1 Å². The van der Waals surface area contributed by atoms with Crippen LogP contribution < -0.4 is 24.8 Å². The third kappa shape index (κ3) is 28.7. The zero-order valence-electron chi connectivity index (χ0n) is 27.3. The molecule has 0 aliphatic heterocycles. The molecule has 4 amide bonds. The van der Waals surface area contributed by atoms with Crippen LogP contribution in [-0.4, -0.2) is 125 Å². The molecule has 3 atom stereocenters. The van der Waals surface area contributed by atoms with Crippen molar-refractivity contribution in [2.75, 3.05) is 72.5 Å². The molecule has 6 N–H and O–H groups in total. The third-order valence-corrected chi connectivity index (χ3v) is 7.52. The van der Waals surface area contributed by atoms with Gasteiger partial charge in [-0.2, -0.15) is 0 Å². The molecule has 0 aliphatic rings.